The first-order valence-electron chi connectivity index (χ1n) is 5.53. The Hall–Kier alpha value is -0.266. The van der Waals surface area contributed by atoms with Crippen molar-refractivity contribution in [1.82, 2.24) is 0 Å². The first-order valence-corrected chi connectivity index (χ1v) is 7.94. The van der Waals surface area contributed by atoms with Gasteiger partial charge in [-0.2, -0.15) is 0 Å². The summed E-state index contributed by atoms with van der Waals surface area (Å²) in [6.45, 7) is 0. The maximum absolute atomic E-state index is 4.64. The van der Waals surface area contributed by atoms with Gasteiger partial charge in [-0.05, 0) is 0 Å². The summed E-state index contributed by atoms with van der Waals surface area (Å²) in [5, 5.41) is 0. The summed E-state index contributed by atoms with van der Waals surface area (Å²) in [5.41, 5.74) is 5.76. The van der Waals surface area contributed by atoms with E-state index in [4.69, 9.17) is 0 Å². The van der Waals surface area contributed by atoms with Crippen LogP contribution in [0, 0.1) is 0 Å². The van der Waals surface area contributed by atoms with Crippen LogP contribution in [0.1, 0.15) is 15.3 Å². The van der Waals surface area contributed by atoms with E-state index in [0.29, 0.717) is 4.22 Å². The summed E-state index contributed by atoms with van der Waals surface area (Å²) in [5.74, 6) is 0. The van der Waals surface area contributed by atoms with E-state index in [9.17, 15) is 0 Å². The maximum atomic E-state index is 4.64. The minimum absolute atomic E-state index is 0.558. The number of halogens is 2. The van der Waals surface area contributed by atoms with Gasteiger partial charge in [-0.25, -0.2) is 0 Å². The molecule has 0 aromatic heterocycles. The summed E-state index contributed by atoms with van der Waals surface area (Å²) in [6, 6.07) is 17.4. The third-order valence-corrected chi connectivity index (χ3v) is 3.81. The van der Waals surface area contributed by atoms with Crippen molar-refractivity contribution in [2.24, 2.45) is 0 Å². The van der Waals surface area contributed by atoms with Gasteiger partial charge in [-0.1, -0.05) is 0 Å². The van der Waals surface area contributed by atoms with Crippen LogP contribution in [0.15, 0.2) is 48.5 Å². The van der Waals surface area contributed by atoms with Gasteiger partial charge in [-0.3, -0.25) is 0 Å². The van der Waals surface area contributed by atoms with Crippen LogP contribution in [0.4, 0.5) is 0 Å². The van der Waals surface area contributed by atoms with Gasteiger partial charge in [0.15, 0.2) is 0 Å². The van der Waals surface area contributed by atoms with Crippen LogP contribution >= 0.6 is 23.2 Å². The fourth-order valence-electron chi connectivity index (χ4n) is 2.16. The van der Waals surface area contributed by atoms with Crippen molar-refractivity contribution in [3.63, 3.8) is 0 Å². The van der Waals surface area contributed by atoms with Gasteiger partial charge < -0.3 is 0 Å². The minimum atomic E-state index is 0.558. The Balaban J connectivity index is 0.000000371. The van der Waals surface area contributed by atoms with E-state index in [2.05, 4.69) is 92.2 Å². The van der Waals surface area contributed by atoms with E-state index in [-0.39, 0.29) is 0 Å². The standard InChI is InChI=1S/C13H9.2CH3Cl.Ti/c1-3-7-12-10(5-1)9-11-6-2-4-8-13(11)12;2*1-2;/h1-9H;2*1H3;. The number of benzene rings is 2. The Labute approximate surface area is 131 Å². The van der Waals surface area contributed by atoms with Crippen molar-refractivity contribution in [2.75, 3.05) is 12.8 Å². The second kappa shape index (κ2) is 8.02. The normalized spacial score (nSPS) is 11.3. The van der Waals surface area contributed by atoms with Crippen molar-refractivity contribution in [1.29, 1.82) is 0 Å². The Kier molecular flexibility index (Phi) is 7.03. The molecule has 3 rings (SSSR count). The molecule has 2 aromatic carbocycles. The molecule has 1 aliphatic carbocycles. The molecule has 2 aromatic rings. The molecule has 18 heavy (non-hydrogen) atoms. The average molecular weight is 314 g/mol. The number of rotatable bonds is 0. The summed E-state index contributed by atoms with van der Waals surface area (Å²) < 4.78 is 0.558. The van der Waals surface area contributed by atoms with Gasteiger partial charge in [0, 0.05) is 12.8 Å². The Morgan fingerprint density at radius 3 is 1.44 bits per heavy atom. The number of hydrogen-bond donors (Lipinski definition) is 0. The SMILES string of the molecule is CCl.CCl.[Ti][CH]1c2ccccc2-c2ccccc21. The molecular weight excluding hydrogens is 299 g/mol. The molecule has 0 aliphatic heterocycles. The molecule has 0 nitrogen and oxygen atoms in total. The Morgan fingerprint density at radius 2 is 1.06 bits per heavy atom. The van der Waals surface area contributed by atoms with E-state index in [1.807, 2.05) is 0 Å². The number of alkyl halides is 2. The Morgan fingerprint density at radius 1 is 0.722 bits per heavy atom. The molecule has 0 saturated carbocycles. The molecule has 1 aliphatic rings. The van der Waals surface area contributed by atoms with Crippen LogP contribution in [0.2, 0.25) is 0 Å². The monoisotopic (exact) mass is 313 g/mol. The van der Waals surface area contributed by atoms with E-state index in [1.54, 1.807) is 0 Å². The molecule has 3 heteroatoms. The summed E-state index contributed by atoms with van der Waals surface area (Å²) >= 11 is 11.6. The molecule has 93 valence electrons. The molecular formula is C15H15Cl2Ti. The fraction of sp³-hybridized carbons (Fsp3) is 0.200. The van der Waals surface area contributed by atoms with Crippen molar-refractivity contribution in [3.05, 3.63) is 59.7 Å². The molecule has 0 N–H and O–H groups in total. The van der Waals surface area contributed by atoms with E-state index >= 15 is 0 Å². The van der Waals surface area contributed by atoms with Gasteiger partial charge in [0.2, 0.25) is 0 Å². The summed E-state index contributed by atoms with van der Waals surface area (Å²) in [7, 11) is 0. The molecule has 0 radical (unpaired) electrons. The fourth-order valence-corrected chi connectivity index (χ4v) is 2.94. The zero-order valence-corrected chi connectivity index (χ0v) is 13.5. The van der Waals surface area contributed by atoms with Crippen LogP contribution < -0.4 is 0 Å². The molecule has 0 atom stereocenters. The van der Waals surface area contributed by atoms with Gasteiger partial charge in [-0.15, -0.1) is 23.2 Å². The molecule has 0 unspecified atom stereocenters. The Bertz CT molecular complexity index is 452. The molecule has 0 fully saturated rings. The summed E-state index contributed by atoms with van der Waals surface area (Å²) in [6.07, 6.45) is 2.94. The number of fused-ring (bicyclic) bond motifs is 3. The van der Waals surface area contributed by atoms with E-state index < -0.39 is 0 Å². The first kappa shape index (κ1) is 15.8. The van der Waals surface area contributed by atoms with Crippen molar-refractivity contribution in [2.45, 2.75) is 4.22 Å². The van der Waals surface area contributed by atoms with Gasteiger partial charge in [0.1, 0.15) is 0 Å². The summed E-state index contributed by atoms with van der Waals surface area (Å²) in [4.78, 5) is 0. The molecule has 0 spiro atoms. The van der Waals surface area contributed by atoms with Crippen molar-refractivity contribution < 1.29 is 20.4 Å². The zero-order chi connectivity index (χ0) is 13.5. The van der Waals surface area contributed by atoms with Crippen molar-refractivity contribution >= 4 is 23.2 Å². The van der Waals surface area contributed by atoms with Gasteiger partial charge >= 0.3 is 95.4 Å². The molecule has 0 bridgehead atoms. The van der Waals surface area contributed by atoms with Crippen LogP contribution in [-0.4, -0.2) is 12.8 Å². The predicted molar refractivity (Wildman–Crippen MR) is 77.3 cm³/mol. The van der Waals surface area contributed by atoms with Crippen LogP contribution in [0.25, 0.3) is 11.1 Å². The van der Waals surface area contributed by atoms with Crippen LogP contribution in [0.5, 0.6) is 0 Å². The second-order valence-electron chi connectivity index (χ2n) is 3.61. The average Bonchev–Trinajstić information content (AvgIpc) is 2.78. The van der Waals surface area contributed by atoms with E-state index in [1.165, 1.54) is 35.0 Å². The quantitative estimate of drug-likeness (QED) is 0.473. The molecule has 0 amide bonds. The van der Waals surface area contributed by atoms with Crippen LogP contribution in [-0.2, 0) is 20.4 Å². The second-order valence-corrected chi connectivity index (χ2v) is 4.51. The third-order valence-electron chi connectivity index (χ3n) is 2.83. The first-order chi connectivity index (χ1) is 8.88. The third kappa shape index (κ3) is 3.00. The van der Waals surface area contributed by atoms with Crippen molar-refractivity contribution in [3.8, 4) is 11.1 Å². The predicted octanol–water partition coefficient (Wildman–Crippen LogP) is 5.01. The molecule has 0 saturated heterocycles. The van der Waals surface area contributed by atoms with Gasteiger partial charge in [0.25, 0.3) is 0 Å². The molecule has 0 heterocycles. The van der Waals surface area contributed by atoms with Gasteiger partial charge in [0.05, 0.1) is 0 Å². The van der Waals surface area contributed by atoms with E-state index in [0.717, 1.165) is 0 Å². The topological polar surface area (TPSA) is 0 Å². The number of hydrogen-bond acceptors (Lipinski definition) is 0. The van der Waals surface area contributed by atoms with Crippen LogP contribution in [0.3, 0.4) is 0 Å². The zero-order valence-electron chi connectivity index (χ0n) is 10.5.